The van der Waals surface area contributed by atoms with Crippen LogP contribution in [-0.2, 0) is 6.54 Å². The highest BCUT2D eigenvalue weighted by Crippen LogP contribution is 2.10. The Morgan fingerprint density at radius 3 is 2.94 bits per heavy atom. The van der Waals surface area contributed by atoms with E-state index in [9.17, 15) is 9.59 Å². The number of aromatic nitrogens is 2. The van der Waals surface area contributed by atoms with E-state index in [2.05, 4.69) is 26.2 Å². The largest absolute Gasteiger partial charge is 0.328 e. The Morgan fingerprint density at radius 1 is 1.41 bits per heavy atom. The summed E-state index contributed by atoms with van der Waals surface area (Å²) in [5.41, 5.74) is -0.712. The van der Waals surface area contributed by atoms with Crippen LogP contribution in [0.15, 0.2) is 20.3 Å². The van der Waals surface area contributed by atoms with E-state index >= 15 is 0 Å². The molecule has 1 fully saturated rings. The molecule has 0 aromatic carbocycles. The molecule has 1 aromatic rings. The second kappa shape index (κ2) is 5.64. The van der Waals surface area contributed by atoms with Crippen LogP contribution < -0.4 is 16.6 Å². The minimum absolute atomic E-state index is 0.339. The fraction of sp³-hybridized carbons (Fsp3) is 0.636. The van der Waals surface area contributed by atoms with Crippen molar-refractivity contribution in [3.05, 3.63) is 31.5 Å². The van der Waals surface area contributed by atoms with Crippen LogP contribution in [0.1, 0.15) is 25.7 Å². The summed E-state index contributed by atoms with van der Waals surface area (Å²) in [4.78, 5) is 25.0. The zero-order valence-electron chi connectivity index (χ0n) is 9.54. The molecule has 1 aliphatic heterocycles. The van der Waals surface area contributed by atoms with Gasteiger partial charge in [0.15, 0.2) is 0 Å². The Kier molecular flexibility index (Phi) is 4.17. The van der Waals surface area contributed by atoms with Crippen molar-refractivity contribution in [2.24, 2.45) is 0 Å². The van der Waals surface area contributed by atoms with Gasteiger partial charge in [0.2, 0.25) is 0 Å². The summed E-state index contributed by atoms with van der Waals surface area (Å²) in [5.74, 6) is 0. The summed E-state index contributed by atoms with van der Waals surface area (Å²) < 4.78 is 1.94. The van der Waals surface area contributed by atoms with E-state index in [-0.39, 0.29) is 11.2 Å². The Labute approximate surface area is 107 Å². The van der Waals surface area contributed by atoms with Crippen molar-refractivity contribution >= 4 is 15.9 Å². The van der Waals surface area contributed by atoms with E-state index in [1.165, 1.54) is 19.3 Å². The number of aryl methyl sites for hydroxylation is 1. The highest BCUT2D eigenvalue weighted by atomic mass is 79.9. The van der Waals surface area contributed by atoms with Gasteiger partial charge >= 0.3 is 5.69 Å². The van der Waals surface area contributed by atoms with Gasteiger partial charge in [-0.25, -0.2) is 4.79 Å². The molecule has 2 N–H and O–H groups in total. The number of hydrogen-bond acceptors (Lipinski definition) is 3. The third-order valence-electron chi connectivity index (χ3n) is 3.10. The lowest BCUT2D eigenvalue weighted by atomic mass is 10.0. The topological polar surface area (TPSA) is 66.9 Å². The maximum absolute atomic E-state index is 11.5. The minimum Gasteiger partial charge on any atom is -0.314 e. The Hall–Kier alpha value is -0.880. The highest BCUT2D eigenvalue weighted by molar-refractivity contribution is 9.10. The zero-order chi connectivity index (χ0) is 12.3. The SMILES string of the molecule is O=c1[nH]c(=O)n(CCC2CCCCN2)cc1Br. The van der Waals surface area contributed by atoms with Crippen molar-refractivity contribution < 1.29 is 0 Å². The number of hydrogen-bond donors (Lipinski definition) is 2. The number of halogens is 1. The van der Waals surface area contributed by atoms with Gasteiger partial charge in [0.25, 0.3) is 5.56 Å². The summed E-state index contributed by atoms with van der Waals surface area (Å²) in [7, 11) is 0. The molecule has 0 radical (unpaired) electrons. The molecular weight excluding hydrogens is 286 g/mol. The first-order valence-corrected chi connectivity index (χ1v) is 6.69. The molecule has 0 saturated carbocycles. The van der Waals surface area contributed by atoms with Crippen LogP contribution in [-0.4, -0.2) is 22.1 Å². The summed E-state index contributed by atoms with van der Waals surface area (Å²) in [6.45, 7) is 1.70. The molecule has 1 aliphatic rings. The van der Waals surface area contributed by atoms with Gasteiger partial charge in [0.05, 0.1) is 4.47 Å². The average molecular weight is 302 g/mol. The first-order chi connectivity index (χ1) is 8.16. The van der Waals surface area contributed by atoms with Crippen LogP contribution in [0.3, 0.4) is 0 Å². The predicted molar refractivity (Wildman–Crippen MR) is 69.3 cm³/mol. The maximum atomic E-state index is 11.5. The lowest BCUT2D eigenvalue weighted by molar-refractivity contribution is 0.364. The molecule has 1 saturated heterocycles. The Balaban J connectivity index is 2.01. The van der Waals surface area contributed by atoms with Crippen molar-refractivity contribution in [3.8, 4) is 0 Å². The molecule has 6 heteroatoms. The van der Waals surface area contributed by atoms with Crippen molar-refractivity contribution in [2.75, 3.05) is 6.54 Å². The van der Waals surface area contributed by atoms with E-state index in [1.807, 2.05) is 0 Å². The number of aromatic amines is 1. The smallest absolute Gasteiger partial charge is 0.314 e. The molecule has 1 atom stereocenters. The molecule has 5 nitrogen and oxygen atoms in total. The van der Waals surface area contributed by atoms with Crippen molar-refractivity contribution in [2.45, 2.75) is 38.3 Å². The average Bonchev–Trinajstić information content (AvgIpc) is 2.33. The number of nitrogens with one attached hydrogen (secondary N) is 2. The summed E-state index contributed by atoms with van der Waals surface area (Å²) in [5, 5.41) is 3.44. The first kappa shape index (κ1) is 12.6. The van der Waals surface area contributed by atoms with Gasteiger partial charge in [-0.05, 0) is 41.7 Å². The third-order valence-corrected chi connectivity index (χ3v) is 3.66. The lowest BCUT2D eigenvalue weighted by Crippen LogP contribution is -2.36. The van der Waals surface area contributed by atoms with Crippen LogP contribution in [0, 0.1) is 0 Å². The fourth-order valence-electron chi connectivity index (χ4n) is 2.11. The van der Waals surface area contributed by atoms with Crippen molar-refractivity contribution in [1.29, 1.82) is 0 Å². The Morgan fingerprint density at radius 2 is 2.24 bits per heavy atom. The molecule has 0 spiro atoms. The van der Waals surface area contributed by atoms with Crippen molar-refractivity contribution in [1.82, 2.24) is 14.9 Å². The van der Waals surface area contributed by atoms with E-state index in [4.69, 9.17) is 0 Å². The first-order valence-electron chi connectivity index (χ1n) is 5.89. The van der Waals surface area contributed by atoms with Gasteiger partial charge in [-0.2, -0.15) is 0 Å². The standard InChI is InChI=1S/C11H16BrN3O2/c12-9-7-15(11(17)14-10(9)16)6-4-8-3-1-2-5-13-8/h7-8,13H,1-6H2,(H,14,16,17). The Bertz CT molecular complexity index is 488. The fourth-order valence-corrected chi connectivity index (χ4v) is 2.46. The lowest BCUT2D eigenvalue weighted by Gasteiger charge is -2.23. The molecule has 0 bridgehead atoms. The molecule has 1 aromatic heterocycles. The minimum atomic E-state index is -0.373. The van der Waals surface area contributed by atoms with Gasteiger partial charge in [0.1, 0.15) is 0 Å². The molecule has 2 rings (SSSR count). The van der Waals surface area contributed by atoms with Gasteiger partial charge in [-0.1, -0.05) is 6.42 Å². The predicted octanol–water partition coefficient (Wildman–Crippen LogP) is 0.831. The second-order valence-corrected chi connectivity index (χ2v) is 5.22. The quantitative estimate of drug-likeness (QED) is 0.869. The normalized spacial score (nSPS) is 20.4. The number of piperidine rings is 1. The molecule has 0 amide bonds. The maximum Gasteiger partial charge on any atom is 0.328 e. The van der Waals surface area contributed by atoms with Gasteiger partial charge in [-0.3, -0.25) is 14.3 Å². The van der Waals surface area contributed by atoms with Crippen LogP contribution in [0.25, 0.3) is 0 Å². The van der Waals surface area contributed by atoms with E-state index < -0.39 is 0 Å². The second-order valence-electron chi connectivity index (χ2n) is 4.37. The van der Waals surface area contributed by atoms with Crippen LogP contribution >= 0.6 is 15.9 Å². The monoisotopic (exact) mass is 301 g/mol. The summed E-state index contributed by atoms with van der Waals surface area (Å²) in [6.07, 6.45) is 6.13. The summed E-state index contributed by atoms with van der Waals surface area (Å²) >= 11 is 3.13. The van der Waals surface area contributed by atoms with Crippen molar-refractivity contribution in [3.63, 3.8) is 0 Å². The van der Waals surface area contributed by atoms with E-state index in [0.29, 0.717) is 17.1 Å². The highest BCUT2D eigenvalue weighted by Gasteiger charge is 2.12. The molecule has 1 unspecified atom stereocenters. The van der Waals surface area contributed by atoms with Gasteiger partial charge in [-0.15, -0.1) is 0 Å². The zero-order valence-corrected chi connectivity index (χ0v) is 11.1. The van der Waals surface area contributed by atoms with E-state index in [0.717, 1.165) is 13.0 Å². The molecular formula is C11H16BrN3O2. The molecule has 17 heavy (non-hydrogen) atoms. The van der Waals surface area contributed by atoms with Gasteiger partial charge < -0.3 is 5.32 Å². The van der Waals surface area contributed by atoms with Gasteiger partial charge in [0, 0.05) is 18.8 Å². The van der Waals surface area contributed by atoms with E-state index in [1.54, 1.807) is 10.8 Å². The summed E-state index contributed by atoms with van der Waals surface area (Å²) in [6, 6.07) is 0.487. The molecule has 94 valence electrons. The number of rotatable bonds is 3. The number of nitrogens with zero attached hydrogens (tertiary/aromatic N) is 1. The number of H-pyrrole nitrogens is 1. The molecule has 2 heterocycles. The van der Waals surface area contributed by atoms with Crippen LogP contribution in [0.4, 0.5) is 0 Å². The third kappa shape index (κ3) is 3.29. The van der Waals surface area contributed by atoms with Crippen LogP contribution in [0.5, 0.6) is 0 Å². The molecule has 0 aliphatic carbocycles. The van der Waals surface area contributed by atoms with Crippen LogP contribution in [0.2, 0.25) is 0 Å².